The Hall–Kier alpha value is -0.0800. The molecule has 0 aromatic rings. The monoisotopic (exact) mass is 157 g/mol. The second-order valence-corrected chi connectivity index (χ2v) is 3.64. The molecule has 0 radical (unpaired) electrons. The number of ether oxygens (including phenoxy) is 1. The van der Waals surface area contributed by atoms with Crippen LogP contribution in [0, 0.1) is 5.41 Å². The molecule has 0 aromatic carbocycles. The summed E-state index contributed by atoms with van der Waals surface area (Å²) in [6.45, 7) is 5.01. The van der Waals surface area contributed by atoms with Gasteiger partial charge < -0.3 is 10.5 Å². The summed E-state index contributed by atoms with van der Waals surface area (Å²) in [5.41, 5.74) is 5.99. The molecule has 66 valence electrons. The summed E-state index contributed by atoms with van der Waals surface area (Å²) in [5.74, 6) is 0. The van der Waals surface area contributed by atoms with Crippen molar-refractivity contribution in [1.29, 1.82) is 0 Å². The Balaban J connectivity index is 2.22. The molecule has 1 saturated heterocycles. The maximum atomic E-state index is 5.47. The minimum atomic E-state index is 0.522. The van der Waals surface area contributed by atoms with E-state index in [1.165, 1.54) is 19.3 Å². The molecule has 1 aliphatic rings. The summed E-state index contributed by atoms with van der Waals surface area (Å²) < 4.78 is 5.25. The van der Waals surface area contributed by atoms with Gasteiger partial charge in [0.15, 0.2) is 0 Å². The normalized spacial score (nSPS) is 21.3. The van der Waals surface area contributed by atoms with Gasteiger partial charge in [-0.05, 0) is 25.8 Å². The average molecular weight is 157 g/mol. The standard InChI is InChI=1S/C9H19NO/c1-2-4-9(5-3-6-10)7-11-8-9/h2-8,10H2,1H3. The third-order valence-corrected chi connectivity index (χ3v) is 2.51. The molecule has 1 rings (SSSR count). The number of hydrogen-bond donors (Lipinski definition) is 1. The highest BCUT2D eigenvalue weighted by atomic mass is 16.5. The van der Waals surface area contributed by atoms with Crippen molar-refractivity contribution in [3.63, 3.8) is 0 Å². The lowest BCUT2D eigenvalue weighted by Gasteiger charge is -2.41. The highest BCUT2D eigenvalue weighted by molar-refractivity contribution is 4.84. The molecule has 2 nitrogen and oxygen atoms in total. The first-order valence-electron chi connectivity index (χ1n) is 4.61. The summed E-state index contributed by atoms with van der Waals surface area (Å²) in [6.07, 6.45) is 5.00. The molecule has 1 fully saturated rings. The highest BCUT2D eigenvalue weighted by Crippen LogP contribution is 2.37. The minimum absolute atomic E-state index is 0.522. The fourth-order valence-corrected chi connectivity index (χ4v) is 1.81. The number of nitrogens with two attached hydrogens (primary N) is 1. The largest absolute Gasteiger partial charge is 0.380 e. The zero-order chi connectivity index (χ0) is 8.16. The summed E-state index contributed by atoms with van der Waals surface area (Å²) in [4.78, 5) is 0. The van der Waals surface area contributed by atoms with Crippen molar-refractivity contribution < 1.29 is 4.74 Å². The lowest BCUT2D eigenvalue weighted by atomic mass is 9.77. The van der Waals surface area contributed by atoms with E-state index in [2.05, 4.69) is 6.92 Å². The van der Waals surface area contributed by atoms with Gasteiger partial charge >= 0.3 is 0 Å². The molecule has 2 N–H and O–H groups in total. The second-order valence-electron chi connectivity index (χ2n) is 3.64. The molecule has 0 amide bonds. The van der Waals surface area contributed by atoms with E-state index in [4.69, 9.17) is 10.5 Å². The van der Waals surface area contributed by atoms with E-state index >= 15 is 0 Å². The molecule has 2 heteroatoms. The summed E-state index contributed by atoms with van der Waals surface area (Å²) >= 11 is 0. The van der Waals surface area contributed by atoms with Crippen LogP contribution in [-0.4, -0.2) is 19.8 Å². The van der Waals surface area contributed by atoms with Crippen LogP contribution in [0.1, 0.15) is 32.6 Å². The molecule has 0 saturated carbocycles. The van der Waals surface area contributed by atoms with Gasteiger partial charge in [-0.2, -0.15) is 0 Å². The van der Waals surface area contributed by atoms with E-state index in [-0.39, 0.29) is 0 Å². The van der Waals surface area contributed by atoms with E-state index in [0.717, 1.165) is 26.2 Å². The second kappa shape index (κ2) is 4.07. The molecular weight excluding hydrogens is 138 g/mol. The van der Waals surface area contributed by atoms with Gasteiger partial charge in [0.25, 0.3) is 0 Å². The summed E-state index contributed by atoms with van der Waals surface area (Å²) in [5, 5.41) is 0. The van der Waals surface area contributed by atoms with Gasteiger partial charge in [0.05, 0.1) is 13.2 Å². The zero-order valence-electron chi connectivity index (χ0n) is 7.44. The lowest BCUT2D eigenvalue weighted by Crippen LogP contribution is -2.42. The molecule has 0 spiro atoms. The fraction of sp³-hybridized carbons (Fsp3) is 1.00. The first kappa shape index (κ1) is 9.01. The fourth-order valence-electron chi connectivity index (χ4n) is 1.81. The predicted octanol–water partition coefficient (Wildman–Crippen LogP) is 1.54. The molecule has 0 bridgehead atoms. The molecular formula is C9H19NO. The van der Waals surface area contributed by atoms with Crippen LogP contribution < -0.4 is 5.73 Å². The Morgan fingerprint density at radius 3 is 2.45 bits per heavy atom. The Morgan fingerprint density at radius 1 is 1.36 bits per heavy atom. The van der Waals surface area contributed by atoms with Crippen molar-refractivity contribution in [2.24, 2.45) is 11.1 Å². The van der Waals surface area contributed by atoms with Crippen molar-refractivity contribution >= 4 is 0 Å². The Kier molecular flexibility index (Phi) is 3.34. The summed E-state index contributed by atoms with van der Waals surface area (Å²) in [7, 11) is 0. The lowest BCUT2D eigenvalue weighted by molar-refractivity contribution is -0.122. The SMILES string of the molecule is CCCC1(CCCN)COC1. The van der Waals surface area contributed by atoms with Crippen molar-refractivity contribution in [1.82, 2.24) is 0 Å². The maximum Gasteiger partial charge on any atom is 0.0544 e. The molecule has 1 heterocycles. The van der Waals surface area contributed by atoms with Gasteiger partial charge in [-0.3, -0.25) is 0 Å². The van der Waals surface area contributed by atoms with E-state index in [9.17, 15) is 0 Å². The topological polar surface area (TPSA) is 35.2 Å². The van der Waals surface area contributed by atoms with Crippen LogP contribution in [0.2, 0.25) is 0 Å². The van der Waals surface area contributed by atoms with Gasteiger partial charge in [0.1, 0.15) is 0 Å². The van der Waals surface area contributed by atoms with Crippen LogP contribution in [-0.2, 0) is 4.74 Å². The van der Waals surface area contributed by atoms with E-state index < -0.39 is 0 Å². The number of rotatable bonds is 5. The highest BCUT2D eigenvalue weighted by Gasteiger charge is 2.36. The van der Waals surface area contributed by atoms with Gasteiger partial charge in [0, 0.05) is 5.41 Å². The van der Waals surface area contributed by atoms with E-state index in [1.807, 2.05) is 0 Å². The van der Waals surface area contributed by atoms with Crippen LogP contribution in [0.5, 0.6) is 0 Å². The van der Waals surface area contributed by atoms with Gasteiger partial charge in [-0.15, -0.1) is 0 Å². The molecule has 0 atom stereocenters. The van der Waals surface area contributed by atoms with Crippen LogP contribution >= 0.6 is 0 Å². The Bertz CT molecular complexity index is 110. The van der Waals surface area contributed by atoms with Crippen molar-refractivity contribution in [2.45, 2.75) is 32.6 Å². The first-order valence-corrected chi connectivity index (χ1v) is 4.61. The van der Waals surface area contributed by atoms with E-state index in [1.54, 1.807) is 0 Å². The third kappa shape index (κ3) is 2.17. The van der Waals surface area contributed by atoms with Crippen molar-refractivity contribution in [3.8, 4) is 0 Å². The Labute approximate surface area is 69.1 Å². The molecule has 0 aromatic heterocycles. The van der Waals surface area contributed by atoms with Crippen molar-refractivity contribution in [3.05, 3.63) is 0 Å². The van der Waals surface area contributed by atoms with Crippen LogP contribution in [0.25, 0.3) is 0 Å². The third-order valence-electron chi connectivity index (χ3n) is 2.51. The minimum Gasteiger partial charge on any atom is -0.380 e. The van der Waals surface area contributed by atoms with Gasteiger partial charge in [-0.25, -0.2) is 0 Å². The summed E-state index contributed by atoms with van der Waals surface area (Å²) in [6, 6.07) is 0. The van der Waals surface area contributed by atoms with E-state index in [0.29, 0.717) is 5.41 Å². The first-order chi connectivity index (χ1) is 5.33. The van der Waals surface area contributed by atoms with Crippen LogP contribution in [0.15, 0.2) is 0 Å². The Morgan fingerprint density at radius 2 is 2.09 bits per heavy atom. The zero-order valence-corrected chi connectivity index (χ0v) is 7.44. The molecule has 0 aliphatic carbocycles. The average Bonchev–Trinajstić information content (AvgIpc) is 1.95. The predicted molar refractivity (Wildman–Crippen MR) is 46.4 cm³/mol. The van der Waals surface area contributed by atoms with Crippen LogP contribution in [0.4, 0.5) is 0 Å². The maximum absolute atomic E-state index is 5.47. The van der Waals surface area contributed by atoms with Crippen molar-refractivity contribution in [2.75, 3.05) is 19.8 Å². The quantitative estimate of drug-likeness (QED) is 0.657. The molecule has 1 aliphatic heterocycles. The van der Waals surface area contributed by atoms with Gasteiger partial charge in [-0.1, -0.05) is 13.3 Å². The number of hydrogen-bond acceptors (Lipinski definition) is 2. The van der Waals surface area contributed by atoms with Crippen LogP contribution in [0.3, 0.4) is 0 Å². The molecule has 0 unspecified atom stereocenters. The smallest absolute Gasteiger partial charge is 0.0544 e. The molecule has 11 heavy (non-hydrogen) atoms. The van der Waals surface area contributed by atoms with Gasteiger partial charge in [0.2, 0.25) is 0 Å².